The maximum atomic E-state index is 12.7. The van der Waals surface area contributed by atoms with E-state index in [1.54, 1.807) is 22.9 Å². The lowest BCUT2D eigenvalue weighted by Gasteiger charge is -2.34. The van der Waals surface area contributed by atoms with Crippen LogP contribution < -0.4 is 21.1 Å². The summed E-state index contributed by atoms with van der Waals surface area (Å²) in [6.07, 6.45) is 1.94. The minimum absolute atomic E-state index is 0.0298. The summed E-state index contributed by atoms with van der Waals surface area (Å²) in [6, 6.07) is -0.0298. The van der Waals surface area contributed by atoms with E-state index >= 15 is 0 Å². The molecule has 2 aliphatic heterocycles. The Bertz CT molecular complexity index is 1130. The monoisotopic (exact) mass is 552 g/mol. The van der Waals surface area contributed by atoms with Crippen LogP contribution in [0.4, 0.5) is 24.8 Å². The average Bonchev–Trinajstić information content (AvgIpc) is 2.93. The van der Waals surface area contributed by atoms with Crippen molar-refractivity contribution in [2.45, 2.75) is 44.8 Å². The summed E-state index contributed by atoms with van der Waals surface area (Å²) in [7, 11) is 0. The fourth-order valence-corrected chi connectivity index (χ4v) is 4.84. The molecular formula is C25H35F3N8O3. The number of H-pyrrole nitrogens is 1. The molecule has 14 heteroatoms. The Labute approximate surface area is 224 Å². The molecule has 0 radical (unpaired) electrons. The van der Waals surface area contributed by atoms with Crippen molar-refractivity contribution >= 4 is 17.5 Å². The van der Waals surface area contributed by atoms with Crippen molar-refractivity contribution in [1.29, 1.82) is 0 Å². The van der Waals surface area contributed by atoms with Crippen molar-refractivity contribution < 1.29 is 22.7 Å². The lowest BCUT2D eigenvalue weighted by molar-refractivity contribution is -0.138. The predicted molar refractivity (Wildman–Crippen MR) is 138 cm³/mol. The van der Waals surface area contributed by atoms with E-state index in [2.05, 4.69) is 30.8 Å². The van der Waals surface area contributed by atoms with Gasteiger partial charge in [0.1, 0.15) is 0 Å². The molecule has 0 spiro atoms. The fraction of sp³-hybridized carbons (Fsp3) is 0.640. The second-order valence-corrected chi connectivity index (χ2v) is 9.97. The van der Waals surface area contributed by atoms with Crippen LogP contribution in [-0.2, 0) is 15.7 Å². The summed E-state index contributed by atoms with van der Waals surface area (Å²) in [5, 5.41) is 13.1. The van der Waals surface area contributed by atoms with E-state index in [9.17, 15) is 22.8 Å². The molecule has 4 rings (SSSR count). The number of amides is 1. The maximum absolute atomic E-state index is 12.7. The lowest BCUT2D eigenvalue weighted by atomic mass is 9.91. The second-order valence-electron chi connectivity index (χ2n) is 9.97. The topological polar surface area (TPSA) is 128 Å². The normalized spacial score (nSPS) is 17.7. The standard InChI is InChI=1S/C25H35F3N8O3/c1-17-21(15-32-34-23(17)38)33-20(12-18-2-5-29-6-3-18)16-39-11-4-22(37)35-7-9-36(10-8-35)24-30-13-19(14-31-24)25(26,27)28/h13-15,18,20,29H,2-12,16H2,1H3,(H2,33,34,38)/t20-/m1/s1. The summed E-state index contributed by atoms with van der Waals surface area (Å²) in [6.45, 7) is 6.09. The highest BCUT2D eigenvalue weighted by molar-refractivity contribution is 5.76. The van der Waals surface area contributed by atoms with E-state index in [-0.39, 0.29) is 36.5 Å². The molecule has 39 heavy (non-hydrogen) atoms. The Hall–Kier alpha value is -3.26. The highest BCUT2D eigenvalue weighted by Crippen LogP contribution is 2.28. The summed E-state index contributed by atoms with van der Waals surface area (Å²) in [4.78, 5) is 35.9. The van der Waals surface area contributed by atoms with Gasteiger partial charge >= 0.3 is 6.18 Å². The van der Waals surface area contributed by atoms with Gasteiger partial charge in [0, 0.05) is 50.2 Å². The summed E-state index contributed by atoms with van der Waals surface area (Å²) in [5.41, 5.74) is 0.109. The molecule has 214 valence electrons. The number of aromatic amines is 1. The van der Waals surface area contributed by atoms with Crippen LogP contribution in [0.3, 0.4) is 0 Å². The molecule has 2 fully saturated rings. The molecule has 1 amide bonds. The molecule has 1 atom stereocenters. The molecule has 2 aromatic heterocycles. The minimum Gasteiger partial charge on any atom is -0.379 e. The predicted octanol–water partition coefficient (Wildman–Crippen LogP) is 1.81. The van der Waals surface area contributed by atoms with Gasteiger partial charge in [-0.25, -0.2) is 15.1 Å². The number of hydrogen-bond acceptors (Lipinski definition) is 9. The summed E-state index contributed by atoms with van der Waals surface area (Å²) >= 11 is 0. The van der Waals surface area contributed by atoms with E-state index < -0.39 is 11.7 Å². The highest BCUT2D eigenvalue weighted by Gasteiger charge is 2.32. The molecule has 4 heterocycles. The third kappa shape index (κ3) is 8.12. The number of hydrogen-bond donors (Lipinski definition) is 3. The van der Waals surface area contributed by atoms with Crippen molar-refractivity contribution in [2.24, 2.45) is 5.92 Å². The Morgan fingerprint density at radius 2 is 1.85 bits per heavy atom. The van der Waals surface area contributed by atoms with Crippen molar-refractivity contribution in [3.8, 4) is 0 Å². The number of carbonyl (C=O) groups is 1. The van der Waals surface area contributed by atoms with Gasteiger partial charge in [-0.05, 0) is 45.2 Å². The first-order chi connectivity index (χ1) is 18.7. The smallest absolute Gasteiger partial charge is 0.379 e. The van der Waals surface area contributed by atoms with Gasteiger partial charge in [-0.2, -0.15) is 18.3 Å². The van der Waals surface area contributed by atoms with Gasteiger partial charge in [0.15, 0.2) is 0 Å². The number of piperidine rings is 1. The van der Waals surface area contributed by atoms with Gasteiger partial charge in [-0.15, -0.1) is 0 Å². The van der Waals surface area contributed by atoms with E-state index in [4.69, 9.17) is 4.74 Å². The van der Waals surface area contributed by atoms with Gasteiger partial charge in [-0.3, -0.25) is 9.59 Å². The maximum Gasteiger partial charge on any atom is 0.419 e. The Morgan fingerprint density at radius 3 is 2.51 bits per heavy atom. The SMILES string of the molecule is Cc1c(N[C@@H](COCCC(=O)N2CCN(c3ncc(C(F)(F)F)cn3)CC2)CC2CCNCC2)cn[nH]c1=O. The van der Waals surface area contributed by atoms with Crippen LogP contribution in [-0.4, -0.2) is 89.5 Å². The molecule has 2 aliphatic rings. The van der Waals surface area contributed by atoms with E-state index in [0.717, 1.165) is 44.7 Å². The largest absolute Gasteiger partial charge is 0.419 e. The molecule has 11 nitrogen and oxygen atoms in total. The summed E-state index contributed by atoms with van der Waals surface area (Å²) < 4.78 is 44.1. The molecule has 0 unspecified atom stereocenters. The molecule has 3 N–H and O–H groups in total. The second kappa shape index (κ2) is 13.2. The summed E-state index contributed by atoms with van der Waals surface area (Å²) in [5.74, 6) is 0.714. The molecule has 0 aromatic carbocycles. The molecule has 0 saturated carbocycles. The Kier molecular flexibility index (Phi) is 9.73. The highest BCUT2D eigenvalue weighted by atomic mass is 19.4. The molecule has 0 bridgehead atoms. The minimum atomic E-state index is -4.48. The number of alkyl halides is 3. The Morgan fingerprint density at radius 1 is 1.15 bits per heavy atom. The zero-order chi connectivity index (χ0) is 27.8. The third-order valence-corrected chi connectivity index (χ3v) is 7.20. The number of anilines is 2. The number of rotatable bonds is 10. The zero-order valence-corrected chi connectivity index (χ0v) is 22.0. The fourth-order valence-electron chi connectivity index (χ4n) is 4.84. The van der Waals surface area contributed by atoms with Gasteiger partial charge < -0.3 is 25.2 Å². The zero-order valence-electron chi connectivity index (χ0n) is 22.0. The van der Waals surface area contributed by atoms with Crippen molar-refractivity contribution in [3.05, 3.63) is 40.1 Å². The lowest BCUT2D eigenvalue weighted by Crippen LogP contribution is -2.49. The number of nitrogens with one attached hydrogen (secondary N) is 3. The van der Waals surface area contributed by atoms with Gasteiger partial charge in [0.05, 0.1) is 37.1 Å². The number of aromatic nitrogens is 4. The molecule has 2 aromatic rings. The number of ether oxygens (including phenoxy) is 1. The molecule has 2 saturated heterocycles. The first kappa shape index (κ1) is 28.7. The first-order valence-corrected chi connectivity index (χ1v) is 13.2. The average molecular weight is 553 g/mol. The van der Waals surface area contributed by atoms with Crippen LogP contribution in [0, 0.1) is 12.8 Å². The quantitative estimate of drug-likeness (QED) is 0.378. The van der Waals surface area contributed by atoms with Crippen molar-refractivity contribution in [1.82, 2.24) is 30.4 Å². The number of piperazine rings is 1. The van der Waals surface area contributed by atoms with E-state index in [1.807, 2.05) is 0 Å². The van der Waals surface area contributed by atoms with Crippen LogP contribution >= 0.6 is 0 Å². The van der Waals surface area contributed by atoms with E-state index in [1.165, 1.54) is 0 Å². The van der Waals surface area contributed by atoms with Crippen LogP contribution in [0.15, 0.2) is 23.4 Å². The third-order valence-electron chi connectivity index (χ3n) is 7.20. The first-order valence-electron chi connectivity index (χ1n) is 13.2. The van der Waals surface area contributed by atoms with Crippen molar-refractivity contribution in [3.63, 3.8) is 0 Å². The van der Waals surface area contributed by atoms with Crippen LogP contribution in [0.1, 0.15) is 36.8 Å². The van der Waals surface area contributed by atoms with Gasteiger partial charge in [0.25, 0.3) is 5.56 Å². The van der Waals surface area contributed by atoms with Gasteiger partial charge in [0.2, 0.25) is 11.9 Å². The van der Waals surface area contributed by atoms with Crippen molar-refractivity contribution in [2.75, 3.05) is 62.7 Å². The van der Waals surface area contributed by atoms with Gasteiger partial charge in [-0.1, -0.05) is 0 Å². The molecule has 0 aliphatic carbocycles. The van der Waals surface area contributed by atoms with Crippen LogP contribution in [0.2, 0.25) is 0 Å². The molecular weight excluding hydrogens is 517 g/mol. The van der Waals surface area contributed by atoms with E-state index in [0.29, 0.717) is 50.0 Å². The number of nitrogens with zero attached hydrogens (tertiary/aromatic N) is 5. The van der Waals surface area contributed by atoms with Crippen LogP contribution in [0.5, 0.6) is 0 Å². The number of halogens is 3. The Balaban J connectivity index is 1.22. The van der Waals surface area contributed by atoms with Crippen LogP contribution in [0.25, 0.3) is 0 Å². The number of carbonyl (C=O) groups excluding carboxylic acids is 1.